The lowest BCUT2D eigenvalue weighted by Crippen LogP contribution is -2.58. The van der Waals surface area contributed by atoms with Gasteiger partial charge >= 0.3 is 22.3 Å². The molecule has 0 bridgehead atoms. The molecule has 0 aromatic heterocycles. The Morgan fingerprint density at radius 1 is 0.903 bits per heavy atom. The summed E-state index contributed by atoms with van der Waals surface area (Å²) in [5.74, 6) is -1.58. The zero-order valence-corrected chi connectivity index (χ0v) is 17.1. The van der Waals surface area contributed by atoms with Gasteiger partial charge in [0.2, 0.25) is 0 Å². The number of methoxy groups -OCH3 is 1. The molecule has 1 aliphatic rings. The molecule has 2 aromatic carbocycles. The van der Waals surface area contributed by atoms with Crippen molar-refractivity contribution in [2.24, 2.45) is 0 Å². The summed E-state index contributed by atoms with van der Waals surface area (Å²) in [6.45, 7) is -0.283. The summed E-state index contributed by atoms with van der Waals surface area (Å²) in [5, 5.41) is 0. The SMILES string of the molecule is CO[C@@H]1OC[C@@H](OC(=O)c2ccccc2)[C@H](OC(=O)c2ccccc2)[C@H]1OS(=O)(=O)O. The fourth-order valence-corrected chi connectivity index (χ4v) is 3.46. The van der Waals surface area contributed by atoms with Gasteiger partial charge in [0.15, 0.2) is 24.6 Å². The average molecular weight is 452 g/mol. The number of esters is 2. The number of rotatable bonds is 7. The summed E-state index contributed by atoms with van der Waals surface area (Å²) in [4.78, 5) is 25.1. The summed E-state index contributed by atoms with van der Waals surface area (Å²) in [7, 11) is -3.79. The van der Waals surface area contributed by atoms with Crippen LogP contribution < -0.4 is 0 Å². The highest BCUT2D eigenvalue weighted by Gasteiger charge is 2.48. The third-order valence-electron chi connectivity index (χ3n) is 4.37. The van der Waals surface area contributed by atoms with Crippen LogP contribution in [0, 0.1) is 0 Å². The average Bonchev–Trinajstić information content (AvgIpc) is 2.76. The van der Waals surface area contributed by atoms with Crippen LogP contribution in [0.4, 0.5) is 0 Å². The second-order valence-electron chi connectivity index (χ2n) is 6.47. The maximum Gasteiger partial charge on any atom is 0.397 e. The molecule has 0 spiro atoms. The maximum absolute atomic E-state index is 12.6. The fourth-order valence-electron chi connectivity index (χ4n) is 2.98. The number of carbonyl (C=O) groups excluding carboxylic acids is 2. The Hall–Kier alpha value is -2.83. The maximum atomic E-state index is 12.6. The van der Waals surface area contributed by atoms with Crippen LogP contribution in [0.2, 0.25) is 0 Å². The van der Waals surface area contributed by atoms with Gasteiger partial charge in [0.25, 0.3) is 0 Å². The van der Waals surface area contributed by atoms with Gasteiger partial charge in [-0.05, 0) is 24.3 Å². The number of hydrogen-bond acceptors (Lipinski definition) is 9. The lowest BCUT2D eigenvalue weighted by atomic mass is 10.0. The van der Waals surface area contributed by atoms with Crippen molar-refractivity contribution in [2.75, 3.05) is 13.7 Å². The lowest BCUT2D eigenvalue weighted by Gasteiger charge is -2.39. The number of benzene rings is 2. The molecular formula is C20H20O10S. The van der Waals surface area contributed by atoms with Gasteiger partial charge in [-0.2, -0.15) is 8.42 Å². The zero-order valence-electron chi connectivity index (χ0n) is 16.3. The molecule has 10 nitrogen and oxygen atoms in total. The normalized spacial score (nSPS) is 23.7. The molecule has 0 radical (unpaired) electrons. The molecule has 1 saturated heterocycles. The Morgan fingerprint density at radius 3 is 1.90 bits per heavy atom. The van der Waals surface area contributed by atoms with E-state index in [1.807, 2.05) is 0 Å². The Bertz CT molecular complexity index is 993. The Morgan fingerprint density at radius 2 is 1.42 bits per heavy atom. The topological polar surface area (TPSA) is 135 Å². The quantitative estimate of drug-likeness (QED) is 0.488. The molecule has 166 valence electrons. The van der Waals surface area contributed by atoms with Crippen molar-refractivity contribution >= 4 is 22.3 Å². The minimum absolute atomic E-state index is 0.168. The van der Waals surface area contributed by atoms with Gasteiger partial charge < -0.3 is 18.9 Å². The molecule has 1 heterocycles. The first-order valence-corrected chi connectivity index (χ1v) is 10.5. The predicted molar refractivity (Wildman–Crippen MR) is 104 cm³/mol. The van der Waals surface area contributed by atoms with E-state index < -0.39 is 46.9 Å². The minimum atomic E-state index is -5.00. The van der Waals surface area contributed by atoms with Crippen LogP contribution in [-0.4, -0.2) is 63.2 Å². The van der Waals surface area contributed by atoms with Crippen LogP contribution in [0.1, 0.15) is 20.7 Å². The molecule has 1 aliphatic heterocycles. The van der Waals surface area contributed by atoms with Gasteiger partial charge in [0.1, 0.15) is 0 Å². The van der Waals surface area contributed by atoms with Gasteiger partial charge in [-0.25, -0.2) is 13.8 Å². The van der Waals surface area contributed by atoms with E-state index in [-0.39, 0.29) is 17.7 Å². The standard InChI is InChI=1S/C20H20O10S/c1-26-20-17(30-31(23,24)25)16(29-19(22)14-10-6-3-7-11-14)15(12-27-20)28-18(21)13-8-4-2-5-9-13/h2-11,15-17,20H,12H2,1H3,(H,23,24,25)/t15-,16+,17-,20-/m1/s1. The van der Waals surface area contributed by atoms with Gasteiger partial charge in [0, 0.05) is 7.11 Å². The first-order chi connectivity index (χ1) is 14.8. The van der Waals surface area contributed by atoms with Crippen LogP contribution >= 0.6 is 0 Å². The summed E-state index contributed by atoms with van der Waals surface area (Å²) in [6.07, 6.45) is -5.70. The molecule has 0 saturated carbocycles. The van der Waals surface area contributed by atoms with E-state index in [4.69, 9.17) is 18.9 Å². The van der Waals surface area contributed by atoms with E-state index in [0.717, 1.165) is 0 Å². The van der Waals surface area contributed by atoms with E-state index in [1.54, 1.807) is 36.4 Å². The third kappa shape index (κ3) is 6.09. The molecule has 2 aromatic rings. The van der Waals surface area contributed by atoms with E-state index >= 15 is 0 Å². The summed E-state index contributed by atoms with van der Waals surface area (Å²) >= 11 is 0. The minimum Gasteiger partial charge on any atom is -0.452 e. The fraction of sp³-hybridized carbons (Fsp3) is 0.300. The van der Waals surface area contributed by atoms with Crippen LogP contribution in [-0.2, 0) is 33.5 Å². The summed E-state index contributed by atoms with van der Waals surface area (Å²) in [6, 6.07) is 15.9. The van der Waals surface area contributed by atoms with Gasteiger partial charge in [-0.15, -0.1) is 0 Å². The van der Waals surface area contributed by atoms with Crippen LogP contribution in [0.3, 0.4) is 0 Å². The smallest absolute Gasteiger partial charge is 0.397 e. The molecule has 0 aliphatic carbocycles. The molecule has 3 rings (SSSR count). The lowest BCUT2D eigenvalue weighted by molar-refractivity contribution is -0.254. The van der Waals surface area contributed by atoms with Crippen LogP contribution in [0.25, 0.3) is 0 Å². The largest absolute Gasteiger partial charge is 0.452 e. The van der Waals surface area contributed by atoms with Crippen LogP contribution in [0.5, 0.6) is 0 Å². The Kier molecular flexibility index (Phi) is 7.36. The third-order valence-corrected chi connectivity index (χ3v) is 4.83. The molecule has 31 heavy (non-hydrogen) atoms. The molecule has 4 atom stereocenters. The summed E-state index contributed by atoms with van der Waals surface area (Å²) in [5.41, 5.74) is 0.387. The van der Waals surface area contributed by atoms with Crippen molar-refractivity contribution in [2.45, 2.75) is 24.6 Å². The highest BCUT2D eigenvalue weighted by atomic mass is 32.3. The van der Waals surface area contributed by atoms with E-state index in [9.17, 15) is 22.6 Å². The van der Waals surface area contributed by atoms with Crippen molar-refractivity contribution in [3.8, 4) is 0 Å². The molecule has 1 fully saturated rings. The first-order valence-electron chi connectivity index (χ1n) is 9.10. The van der Waals surface area contributed by atoms with Gasteiger partial charge in [-0.1, -0.05) is 36.4 Å². The monoisotopic (exact) mass is 452 g/mol. The van der Waals surface area contributed by atoms with Crippen LogP contribution in [0.15, 0.2) is 60.7 Å². The molecular weight excluding hydrogens is 432 g/mol. The van der Waals surface area contributed by atoms with Gasteiger partial charge in [-0.3, -0.25) is 4.55 Å². The number of carbonyl (C=O) groups is 2. The molecule has 11 heteroatoms. The van der Waals surface area contributed by atoms with Crippen molar-refractivity contribution in [1.82, 2.24) is 0 Å². The van der Waals surface area contributed by atoms with Crippen molar-refractivity contribution < 1.29 is 45.7 Å². The Balaban J connectivity index is 1.89. The summed E-state index contributed by atoms with van der Waals surface area (Å²) < 4.78 is 57.9. The predicted octanol–water partition coefficient (Wildman–Crippen LogP) is 1.63. The number of hydrogen-bond donors (Lipinski definition) is 1. The first kappa shape index (κ1) is 22.8. The molecule has 1 N–H and O–H groups in total. The van der Waals surface area contributed by atoms with Crippen molar-refractivity contribution in [3.63, 3.8) is 0 Å². The number of ether oxygens (including phenoxy) is 4. The second-order valence-corrected chi connectivity index (χ2v) is 7.52. The highest BCUT2D eigenvalue weighted by Crippen LogP contribution is 2.27. The Labute approximate surface area is 178 Å². The van der Waals surface area contributed by atoms with E-state index in [2.05, 4.69) is 4.18 Å². The van der Waals surface area contributed by atoms with E-state index in [1.165, 1.54) is 31.4 Å². The van der Waals surface area contributed by atoms with Gasteiger partial charge in [0.05, 0.1) is 17.7 Å². The zero-order chi connectivity index (χ0) is 22.4. The van der Waals surface area contributed by atoms with Crippen molar-refractivity contribution in [1.29, 1.82) is 0 Å². The second kappa shape index (κ2) is 9.98. The highest BCUT2D eigenvalue weighted by molar-refractivity contribution is 7.80. The van der Waals surface area contributed by atoms with Crippen molar-refractivity contribution in [3.05, 3.63) is 71.8 Å². The molecule has 0 amide bonds. The van der Waals surface area contributed by atoms with E-state index in [0.29, 0.717) is 0 Å². The molecule has 0 unspecified atom stereocenters.